The van der Waals surface area contributed by atoms with Crippen LogP contribution in [0.2, 0.25) is 0 Å². The molecule has 0 atom stereocenters. The SMILES string of the molecule is CCOC(=O)c1cnc(SC)nc1Nc1ccc(C(=O)NCC(=O)[O-])cc1. The van der Waals surface area contributed by atoms with Crippen LogP contribution in [-0.2, 0) is 9.53 Å². The van der Waals surface area contributed by atoms with E-state index in [2.05, 4.69) is 20.6 Å². The zero-order valence-electron chi connectivity index (χ0n) is 14.6. The summed E-state index contributed by atoms with van der Waals surface area (Å²) in [5.74, 6) is -2.18. The smallest absolute Gasteiger partial charge is 0.343 e. The number of ether oxygens (including phenoxy) is 1. The minimum Gasteiger partial charge on any atom is -0.548 e. The first-order valence-corrected chi connectivity index (χ1v) is 9.10. The highest BCUT2D eigenvalue weighted by molar-refractivity contribution is 7.98. The molecular weight excluding hydrogens is 372 g/mol. The second kappa shape index (κ2) is 9.53. The van der Waals surface area contributed by atoms with Gasteiger partial charge in [0.25, 0.3) is 5.91 Å². The van der Waals surface area contributed by atoms with Crippen molar-refractivity contribution in [2.24, 2.45) is 0 Å². The summed E-state index contributed by atoms with van der Waals surface area (Å²) in [6, 6.07) is 6.22. The fourth-order valence-electron chi connectivity index (χ4n) is 2.01. The van der Waals surface area contributed by atoms with E-state index in [9.17, 15) is 19.5 Å². The van der Waals surface area contributed by atoms with Gasteiger partial charge in [-0.2, -0.15) is 0 Å². The number of carboxylic acids is 1. The third-order valence-electron chi connectivity index (χ3n) is 3.25. The van der Waals surface area contributed by atoms with E-state index in [0.717, 1.165) is 0 Å². The van der Waals surface area contributed by atoms with E-state index >= 15 is 0 Å². The molecule has 1 aromatic heterocycles. The van der Waals surface area contributed by atoms with E-state index in [1.165, 1.54) is 30.1 Å². The summed E-state index contributed by atoms with van der Waals surface area (Å²) in [6.07, 6.45) is 3.20. The van der Waals surface area contributed by atoms with Crippen molar-refractivity contribution in [1.82, 2.24) is 15.3 Å². The molecule has 10 heteroatoms. The van der Waals surface area contributed by atoms with Crippen LogP contribution in [-0.4, -0.2) is 47.2 Å². The molecule has 2 aromatic rings. The minimum atomic E-state index is -1.37. The second-order valence-electron chi connectivity index (χ2n) is 5.10. The normalized spacial score (nSPS) is 10.1. The molecular formula is C17H17N4O5S-. The molecule has 0 spiro atoms. The maximum absolute atomic E-state index is 12.1. The van der Waals surface area contributed by atoms with Crippen LogP contribution >= 0.6 is 11.8 Å². The molecule has 0 aliphatic heterocycles. The van der Waals surface area contributed by atoms with Crippen LogP contribution in [0.25, 0.3) is 0 Å². The summed E-state index contributed by atoms with van der Waals surface area (Å²) >= 11 is 1.32. The molecule has 27 heavy (non-hydrogen) atoms. The molecule has 0 bridgehead atoms. The molecule has 0 aliphatic rings. The third kappa shape index (κ3) is 5.68. The predicted octanol–water partition coefficient (Wildman–Crippen LogP) is 0.598. The number of carbonyl (C=O) groups is 3. The monoisotopic (exact) mass is 389 g/mol. The molecule has 2 rings (SSSR count). The first-order chi connectivity index (χ1) is 12.9. The lowest BCUT2D eigenvalue weighted by Crippen LogP contribution is -2.37. The van der Waals surface area contributed by atoms with Gasteiger partial charge in [0.05, 0.1) is 19.1 Å². The Balaban J connectivity index is 2.19. The van der Waals surface area contributed by atoms with Crippen molar-refractivity contribution in [3.05, 3.63) is 41.6 Å². The number of amides is 1. The van der Waals surface area contributed by atoms with Gasteiger partial charge >= 0.3 is 5.97 Å². The van der Waals surface area contributed by atoms with Crippen molar-refractivity contribution < 1.29 is 24.2 Å². The molecule has 0 unspecified atom stereocenters. The summed E-state index contributed by atoms with van der Waals surface area (Å²) in [5.41, 5.74) is 1.04. The lowest BCUT2D eigenvalue weighted by molar-refractivity contribution is -0.303. The number of nitrogens with zero attached hydrogens (tertiary/aromatic N) is 2. The van der Waals surface area contributed by atoms with Crippen LogP contribution in [0.5, 0.6) is 0 Å². The number of carboxylic acid groups (broad SMARTS) is 1. The number of nitrogens with one attached hydrogen (secondary N) is 2. The first kappa shape index (κ1) is 20.2. The maximum Gasteiger partial charge on any atom is 0.343 e. The van der Waals surface area contributed by atoms with Gasteiger partial charge in [-0.1, -0.05) is 11.8 Å². The molecule has 1 heterocycles. The van der Waals surface area contributed by atoms with Crippen LogP contribution in [0.3, 0.4) is 0 Å². The zero-order chi connectivity index (χ0) is 19.8. The Labute approximate surface area is 159 Å². The number of benzene rings is 1. The quantitative estimate of drug-likeness (QED) is 0.378. The van der Waals surface area contributed by atoms with E-state index in [4.69, 9.17) is 4.74 Å². The summed E-state index contributed by atoms with van der Waals surface area (Å²) in [5, 5.41) is 16.1. The van der Waals surface area contributed by atoms with E-state index in [-0.39, 0.29) is 23.6 Å². The molecule has 0 saturated heterocycles. The van der Waals surface area contributed by atoms with E-state index in [0.29, 0.717) is 10.8 Å². The molecule has 1 aromatic carbocycles. The van der Waals surface area contributed by atoms with Gasteiger partial charge in [0.2, 0.25) is 0 Å². The number of thioether (sulfide) groups is 1. The first-order valence-electron chi connectivity index (χ1n) is 7.87. The molecule has 2 N–H and O–H groups in total. The Morgan fingerprint density at radius 3 is 2.52 bits per heavy atom. The molecule has 0 radical (unpaired) electrons. The van der Waals surface area contributed by atoms with Crippen LogP contribution < -0.4 is 15.7 Å². The average Bonchev–Trinajstić information content (AvgIpc) is 2.66. The number of hydrogen-bond acceptors (Lipinski definition) is 9. The molecule has 0 aliphatic carbocycles. The summed E-state index contributed by atoms with van der Waals surface area (Å²) in [4.78, 5) is 42.6. The van der Waals surface area contributed by atoms with E-state index < -0.39 is 24.4 Å². The summed E-state index contributed by atoms with van der Waals surface area (Å²) in [7, 11) is 0. The van der Waals surface area contributed by atoms with E-state index in [1.807, 2.05) is 6.26 Å². The van der Waals surface area contributed by atoms with Crippen molar-refractivity contribution in [3.8, 4) is 0 Å². The van der Waals surface area contributed by atoms with Gasteiger partial charge in [0.1, 0.15) is 11.4 Å². The van der Waals surface area contributed by atoms with Crippen LogP contribution in [0.1, 0.15) is 27.6 Å². The van der Waals surface area contributed by atoms with Crippen molar-refractivity contribution in [2.75, 3.05) is 24.7 Å². The lowest BCUT2D eigenvalue weighted by Gasteiger charge is -2.12. The molecule has 0 saturated carbocycles. The Hall–Kier alpha value is -3.14. The largest absolute Gasteiger partial charge is 0.548 e. The number of esters is 1. The summed E-state index contributed by atoms with van der Waals surface area (Å²) in [6.45, 7) is 1.35. The lowest BCUT2D eigenvalue weighted by atomic mass is 10.2. The second-order valence-corrected chi connectivity index (χ2v) is 5.87. The van der Waals surface area contributed by atoms with Gasteiger partial charge in [0, 0.05) is 17.4 Å². The Bertz CT molecular complexity index is 842. The standard InChI is InChI=1S/C17H18N4O5S/c1-3-26-16(25)12-8-19-17(27-2)21-14(12)20-11-6-4-10(5-7-11)15(24)18-9-13(22)23/h4-8H,3,9H2,1-2H3,(H,18,24)(H,22,23)(H,19,20,21)/p-1. The highest BCUT2D eigenvalue weighted by Crippen LogP contribution is 2.22. The van der Waals surface area contributed by atoms with Gasteiger partial charge < -0.3 is 25.3 Å². The van der Waals surface area contributed by atoms with Gasteiger partial charge in [0.15, 0.2) is 5.16 Å². The number of hydrogen-bond donors (Lipinski definition) is 2. The van der Waals surface area contributed by atoms with Crippen molar-refractivity contribution in [2.45, 2.75) is 12.1 Å². The molecule has 0 fully saturated rings. The number of rotatable bonds is 8. The highest BCUT2D eigenvalue weighted by Gasteiger charge is 2.16. The third-order valence-corrected chi connectivity index (χ3v) is 3.81. The van der Waals surface area contributed by atoms with Crippen LogP contribution in [0.4, 0.5) is 11.5 Å². The van der Waals surface area contributed by atoms with Crippen LogP contribution in [0, 0.1) is 0 Å². The maximum atomic E-state index is 12.1. The van der Waals surface area contributed by atoms with Crippen molar-refractivity contribution in [1.29, 1.82) is 0 Å². The topological polar surface area (TPSA) is 133 Å². The van der Waals surface area contributed by atoms with Gasteiger partial charge in [-0.15, -0.1) is 0 Å². The number of aromatic nitrogens is 2. The van der Waals surface area contributed by atoms with Crippen LogP contribution in [0.15, 0.2) is 35.6 Å². The van der Waals surface area contributed by atoms with Crippen molar-refractivity contribution >= 4 is 41.1 Å². The van der Waals surface area contributed by atoms with Crippen molar-refractivity contribution in [3.63, 3.8) is 0 Å². The Morgan fingerprint density at radius 2 is 1.93 bits per heavy atom. The fourth-order valence-corrected chi connectivity index (χ4v) is 2.35. The molecule has 9 nitrogen and oxygen atoms in total. The zero-order valence-corrected chi connectivity index (χ0v) is 15.5. The molecule has 142 valence electrons. The molecule has 1 amide bonds. The summed E-state index contributed by atoms with van der Waals surface area (Å²) < 4.78 is 5.00. The van der Waals surface area contributed by atoms with Gasteiger partial charge in [-0.25, -0.2) is 14.8 Å². The fraction of sp³-hybridized carbons (Fsp3) is 0.235. The Kier molecular flexibility index (Phi) is 7.12. The van der Waals surface area contributed by atoms with E-state index in [1.54, 1.807) is 19.1 Å². The minimum absolute atomic E-state index is 0.186. The van der Waals surface area contributed by atoms with Gasteiger partial charge in [-0.3, -0.25) is 4.79 Å². The highest BCUT2D eigenvalue weighted by atomic mass is 32.2. The number of anilines is 2. The number of aliphatic carboxylic acids is 1. The van der Waals surface area contributed by atoms with Gasteiger partial charge in [-0.05, 0) is 37.4 Å². The average molecular weight is 389 g/mol. The number of carbonyl (C=O) groups excluding carboxylic acids is 3. The Morgan fingerprint density at radius 1 is 1.22 bits per heavy atom. The predicted molar refractivity (Wildman–Crippen MR) is 96.8 cm³/mol.